The van der Waals surface area contributed by atoms with Crippen LogP contribution in [0.25, 0.3) is 0 Å². The first-order chi connectivity index (χ1) is 7.58. The minimum atomic E-state index is -0.361. The zero-order chi connectivity index (χ0) is 12.1. The van der Waals surface area contributed by atoms with Crippen molar-refractivity contribution in [2.45, 2.75) is 5.03 Å². The molecule has 1 rings (SSSR count). The van der Waals surface area contributed by atoms with Crippen molar-refractivity contribution < 1.29 is 9.53 Å². The molecule has 0 saturated heterocycles. The molecule has 3 N–H and O–H groups in total. The number of esters is 1. The third-order valence-corrected chi connectivity index (χ3v) is 3.24. The molecule has 1 aromatic heterocycles. The summed E-state index contributed by atoms with van der Waals surface area (Å²) in [5, 5.41) is 1.14. The topological polar surface area (TPSA) is 77.2 Å². The molecule has 0 aliphatic rings. The van der Waals surface area contributed by atoms with Gasteiger partial charge in [-0.1, -0.05) is 35.0 Å². The molecule has 0 unspecified atom stereocenters. The van der Waals surface area contributed by atoms with Gasteiger partial charge in [0.15, 0.2) is 5.82 Å². The largest absolute Gasteiger partial charge is 0.468 e. The monoisotopic (exact) mass is 281 g/mol. The van der Waals surface area contributed by atoms with Gasteiger partial charge in [-0.3, -0.25) is 4.79 Å². The summed E-state index contributed by atoms with van der Waals surface area (Å²) in [4.78, 5) is 15.0. The number of nitrogens with zero attached hydrogens (tertiary/aromatic N) is 1. The maximum absolute atomic E-state index is 10.9. The molecule has 0 aliphatic heterocycles. The number of nitrogen functional groups attached to an aromatic ring is 1. The number of hydrazine groups is 1. The Morgan fingerprint density at radius 2 is 2.31 bits per heavy atom. The van der Waals surface area contributed by atoms with E-state index >= 15 is 0 Å². The van der Waals surface area contributed by atoms with E-state index in [1.165, 1.54) is 13.2 Å². The first kappa shape index (κ1) is 13.4. The number of nitrogens with one attached hydrogen (secondary N) is 1. The number of hydrogen-bond acceptors (Lipinski definition) is 6. The second kappa shape index (κ2) is 6.15. The molecule has 16 heavy (non-hydrogen) atoms. The lowest BCUT2D eigenvalue weighted by atomic mass is 10.4. The van der Waals surface area contributed by atoms with Crippen LogP contribution in [-0.4, -0.2) is 23.8 Å². The number of rotatable bonds is 4. The maximum atomic E-state index is 10.9. The molecular formula is C8H9Cl2N3O2S. The average Bonchev–Trinajstić information content (AvgIpc) is 2.27. The van der Waals surface area contributed by atoms with Crippen LogP contribution in [0.5, 0.6) is 0 Å². The fourth-order valence-corrected chi connectivity index (χ4v) is 2.14. The predicted octanol–water partition coefficient (Wildman–Crippen LogP) is 1.94. The number of aromatic nitrogens is 1. The van der Waals surface area contributed by atoms with E-state index in [0.29, 0.717) is 20.9 Å². The number of methoxy groups -OCH3 is 1. The molecule has 0 fully saturated rings. The molecule has 0 saturated carbocycles. The maximum Gasteiger partial charge on any atom is 0.316 e. The van der Waals surface area contributed by atoms with Gasteiger partial charge in [-0.2, -0.15) is 0 Å². The van der Waals surface area contributed by atoms with Crippen LogP contribution in [0.1, 0.15) is 0 Å². The number of carbonyl (C=O) groups excluding carboxylic acids is 1. The average molecular weight is 282 g/mol. The fourth-order valence-electron chi connectivity index (χ4n) is 0.838. The summed E-state index contributed by atoms with van der Waals surface area (Å²) >= 11 is 12.8. The van der Waals surface area contributed by atoms with Gasteiger partial charge in [0, 0.05) is 0 Å². The van der Waals surface area contributed by atoms with Crippen molar-refractivity contribution in [2.75, 3.05) is 18.3 Å². The highest BCUT2D eigenvalue weighted by molar-refractivity contribution is 8.00. The van der Waals surface area contributed by atoms with Crippen molar-refractivity contribution in [1.29, 1.82) is 0 Å². The third kappa shape index (κ3) is 3.41. The quantitative estimate of drug-likeness (QED) is 0.380. The minimum Gasteiger partial charge on any atom is -0.468 e. The zero-order valence-electron chi connectivity index (χ0n) is 8.29. The van der Waals surface area contributed by atoms with Crippen LogP contribution >= 0.6 is 35.0 Å². The van der Waals surface area contributed by atoms with E-state index in [2.05, 4.69) is 15.1 Å². The molecule has 0 atom stereocenters. The van der Waals surface area contributed by atoms with Crippen LogP contribution < -0.4 is 11.3 Å². The van der Waals surface area contributed by atoms with Crippen LogP contribution in [0.2, 0.25) is 10.0 Å². The van der Waals surface area contributed by atoms with Crippen LogP contribution in [0.3, 0.4) is 0 Å². The summed E-state index contributed by atoms with van der Waals surface area (Å²) in [6.07, 6.45) is 0. The third-order valence-electron chi connectivity index (χ3n) is 1.59. The van der Waals surface area contributed by atoms with Gasteiger partial charge in [0.25, 0.3) is 0 Å². The SMILES string of the molecule is COC(=O)CSc1nc(NN)c(Cl)cc1Cl. The Kier molecular flexibility index (Phi) is 5.14. The Balaban J connectivity index is 2.83. The fraction of sp³-hybridized carbons (Fsp3) is 0.250. The molecule has 1 heterocycles. The Hall–Kier alpha value is -0.690. The second-order valence-electron chi connectivity index (χ2n) is 2.61. The lowest BCUT2D eigenvalue weighted by Crippen LogP contribution is -2.10. The van der Waals surface area contributed by atoms with Crippen LogP contribution in [0, 0.1) is 0 Å². The van der Waals surface area contributed by atoms with Gasteiger partial charge in [-0.15, -0.1) is 0 Å². The van der Waals surface area contributed by atoms with E-state index < -0.39 is 0 Å². The smallest absolute Gasteiger partial charge is 0.316 e. The number of nitrogens with two attached hydrogens (primary N) is 1. The van der Waals surface area contributed by atoms with Crippen molar-refractivity contribution in [2.24, 2.45) is 5.84 Å². The van der Waals surface area contributed by atoms with Gasteiger partial charge < -0.3 is 10.2 Å². The van der Waals surface area contributed by atoms with E-state index in [9.17, 15) is 4.79 Å². The normalized spacial score (nSPS) is 10.0. The highest BCUT2D eigenvalue weighted by Crippen LogP contribution is 2.31. The first-order valence-electron chi connectivity index (χ1n) is 4.10. The van der Waals surface area contributed by atoms with E-state index in [-0.39, 0.29) is 11.7 Å². The van der Waals surface area contributed by atoms with Gasteiger partial charge in [-0.05, 0) is 6.07 Å². The number of pyridine rings is 1. The van der Waals surface area contributed by atoms with Gasteiger partial charge >= 0.3 is 5.97 Å². The highest BCUT2D eigenvalue weighted by Gasteiger charge is 2.11. The molecule has 8 heteroatoms. The number of carbonyl (C=O) groups is 1. The number of halogens is 2. The predicted molar refractivity (Wildman–Crippen MR) is 64.8 cm³/mol. The van der Waals surface area contributed by atoms with Crippen LogP contribution in [0.4, 0.5) is 5.82 Å². The van der Waals surface area contributed by atoms with E-state index in [0.717, 1.165) is 11.8 Å². The van der Waals surface area contributed by atoms with E-state index in [1.54, 1.807) is 0 Å². The van der Waals surface area contributed by atoms with Crippen LogP contribution in [0.15, 0.2) is 11.1 Å². The lowest BCUT2D eigenvalue weighted by Gasteiger charge is -2.07. The Labute approximate surface area is 107 Å². The minimum absolute atomic E-state index is 0.120. The summed E-state index contributed by atoms with van der Waals surface area (Å²) in [6, 6.07) is 1.50. The number of anilines is 1. The molecule has 0 spiro atoms. The van der Waals surface area contributed by atoms with Gasteiger partial charge in [0.2, 0.25) is 0 Å². The molecule has 0 bridgehead atoms. The number of ether oxygens (including phenoxy) is 1. The van der Waals surface area contributed by atoms with E-state index in [4.69, 9.17) is 29.0 Å². The Bertz CT molecular complexity index is 403. The Morgan fingerprint density at radius 3 is 2.88 bits per heavy atom. The van der Waals surface area contributed by atoms with E-state index in [1.807, 2.05) is 0 Å². The zero-order valence-corrected chi connectivity index (χ0v) is 10.6. The molecule has 0 radical (unpaired) electrons. The van der Waals surface area contributed by atoms with Crippen molar-refractivity contribution in [3.05, 3.63) is 16.1 Å². The van der Waals surface area contributed by atoms with Gasteiger partial charge in [0.05, 0.1) is 22.9 Å². The molecule has 0 aliphatic carbocycles. The summed E-state index contributed by atoms with van der Waals surface area (Å²) in [7, 11) is 1.31. The Morgan fingerprint density at radius 1 is 1.62 bits per heavy atom. The lowest BCUT2D eigenvalue weighted by molar-refractivity contribution is -0.137. The molecular weight excluding hydrogens is 273 g/mol. The number of hydrogen-bond donors (Lipinski definition) is 2. The molecule has 5 nitrogen and oxygen atoms in total. The van der Waals surface area contributed by atoms with Crippen molar-refractivity contribution >= 4 is 46.8 Å². The van der Waals surface area contributed by atoms with Crippen LogP contribution in [-0.2, 0) is 9.53 Å². The second-order valence-corrected chi connectivity index (χ2v) is 4.39. The molecule has 88 valence electrons. The van der Waals surface area contributed by atoms with Gasteiger partial charge in [-0.25, -0.2) is 10.8 Å². The van der Waals surface area contributed by atoms with Crippen molar-refractivity contribution in [3.63, 3.8) is 0 Å². The number of thioether (sulfide) groups is 1. The van der Waals surface area contributed by atoms with Gasteiger partial charge in [0.1, 0.15) is 5.03 Å². The highest BCUT2D eigenvalue weighted by atomic mass is 35.5. The summed E-state index contributed by atoms with van der Waals surface area (Å²) in [5.74, 6) is 5.27. The van der Waals surface area contributed by atoms with Crippen molar-refractivity contribution in [3.8, 4) is 0 Å². The summed E-state index contributed by atoms with van der Waals surface area (Å²) in [5.41, 5.74) is 2.33. The molecule has 0 aromatic carbocycles. The summed E-state index contributed by atoms with van der Waals surface area (Å²) < 4.78 is 4.50. The standard InChI is InChI=1S/C8H9Cl2N3O2S/c1-15-6(14)3-16-8-5(10)2-4(9)7(12-8)13-11/h2H,3,11H2,1H3,(H,12,13). The summed E-state index contributed by atoms with van der Waals surface area (Å²) in [6.45, 7) is 0. The first-order valence-corrected chi connectivity index (χ1v) is 5.85. The molecule has 1 aromatic rings. The van der Waals surface area contributed by atoms with Crippen molar-refractivity contribution in [1.82, 2.24) is 4.98 Å². The molecule has 0 amide bonds.